The van der Waals surface area contributed by atoms with Gasteiger partial charge in [0, 0.05) is 11.5 Å². The highest BCUT2D eigenvalue weighted by molar-refractivity contribution is 14.1. The van der Waals surface area contributed by atoms with Gasteiger partial charge in [-0.05, 0) is 34.2 Å². The van der Waals surface area contributed by atoms with Crippen molar-refractivity contribution < 1.29 is 13.2 Å². The van der Waals surface area contributed by atoms with E-state index in [0.717, 1.165) is 6.07 Å². The molecule has 72 valence electrons. The molecule has 0 aliphatic heterocycles. The van der Waals surface area contributed by atoms with Crippen molar-refractivity contribution in [2.24, 2.45) is 0 Å². The van der Waals surface area contributed by atoms with Crippen molar-refractivity contribution in [1.82, 2.24) is 4.98 Å². The molecular weight excluding hydrogens is 362 g/mol. The lowest BCUT2D eigenvalue weighted by molar-refractivity contribution is -0.138. The Bertz CT molecular complexity index is 313. The van der Waals surface area contributed by atoms with Crippen LogP contribution in [-0.2, 0) is 11.5 Å². The number of hydrogen-bond acceptors (Lipinski definition) is 1. The Morgan fingerprint density at radius 1 is 1.46 bits per heavy atom. The van der Waals surface area contributed by atoms with Crippen molar-refractivity contribution >= 4 is 38.5 Å². The summed E-state index contributed by atoms with van der Waals surface area (Å²) in [6.45, 7) is 0. The van der Waals surface area contributed by atoms with Gasteiger partial charge in [0.15, 0.2) is 0 Å². The summed E-state index contributed by atoms with van der Waals surface area (Å²) in [6, 6.07) is 1.10. The molecule has 0 N–H and O–H groups in total. The Labute approximate surface area is 95.0 Å². The van der Waals surface area contributed by atoms with Crippen LogP contribution in [0.2, 0.25) is 0 Å². The zero-order chi connectivity index (χ0) is 10.1. The van der Waals surface area contributed by atoms with E-state index in [2.05, 4.69) is 20.9 Å². The van der Waals surface area contributed by atoms with Gasteiger partial charge in [0.1, 0.15) is 3.70 Å². The largest absolute Gasteiger partial charge is 0.418 e. The molecule has 0 bridgehead atoms. The van der Waals surface area contributed by atoms with Gasteiger partial charge in [0.25, 0.3) is 0 Å². The van der Waals surface area contributed by atoms with Gasteiger partial charge in [-0.2, -0.15) is 13.2 Å². The third-order valence-electron chi connectivity index (χ3n) is 1.36. The maximum atomic E-state index is 12.3. The van der Waals surface area contributed by atoms with Gasteiger partial charge in [-0.1, -0.05) is 15.9 Å². The van der Waals surface area contributed by atoms with E-state index < -0.39 is 11.7 Å². The summed E-state index contributed by atoms with van der Waals surface area (Å²) in [5.41, 5.74) is -0.155. The lowest BCUT2D eigenvalue weighted by Crippen LogP contribution is -2.09. The second kappa shape index (κ2) is 4.12. The maximum Gasteiger partial charge on any atom is 0.418 e. The van der Waals surface area contributed by atoms with Crippen molar-refractivity contribution in [3.63, 3.8) is 0 Å². The first-order valence-corrected chi connectivity index (χ1v) is 5.42. The molecule has 1 nitrogen and oxygen atoms in total. The number of hydrogen-bond donors (Lipinski definition) is 0. The van der Waals surface area contributed by atoms with Crippen LogP contribution in [0.5, 0.6) is 0 Å². The van der Waals surface area contributed by atoms with Crippen molar-refractivity contribution in [3.8, 4) is 0 Å². The molecular formula is C7H4BrF3IN. The zero-order valence-electron chi connectivity index (χ0n) is 6.20. The summed E-state index contributed by atoms with van der Waals surface area (Å²) in [6.07, 6.45) is -2.90. The molecule has 0 saturated heterocycles. The Morgan fingerprint density at radius 3 is 2.54 bits per heavy atom. The lowest BCUT2D eigenvalue weighted by Gasteiger charge is -2.08. The highest BCUT2D eigenvalue weighted by atomic mass is 127. The van der Waals surface area contributed by atoms with E-state index in [1.165, 1.54) is 6.20 Å². The molecule has 0 aromatic carbocycles. The second-order valence-corrected chi connectivity index (χ2v) is 3.90. The van der Waals surface area contributed by atoms with Crippen LogP contribution in [0.1, 0.15) is 11.1 Å². The third kappa shape index (κ3) is 2.80. The minimum absolute atomic E-state index is 0.0187. The summed E-state index contributed by atoms with van der Waals surface area (Å²) in [4.78, 5) is 3.65. The number of nitrogens with zero attached hydrogens (tertiary/aromatic N) is 1. The number of alkyl halides is 4. The van der Waals surface area contributed by atoms with Gasteiger partial charge in [-0.15, -0.1) is 0 Å². The molecule has 0 atom stereocenters. The molecule has 13 heavy (non-hydrogen) atoms. The maximum absolute atomic E-state index is 12.3. The van der Waals surface area contributed by atoms with Crippen molar-refractivity contribution in [1.29, 1.82) is 0 Å². The summed E-state index contributed by atoms with van der Waals surface area (Å²) >= 11 is 4.65. The molecule has 0 aliphatic rings. The van der Waals surface area contributed by atoms with Gasteiger partial charge in [-0.3, -0.25) is 0 Å². The van der Waals surface area contributed by atoms with Crippen molar-refractivity contribution in [2.75, 3.05) is 0 Å². The van der Waals surface area contributed by atoms with E-state index in [-0.39, 0.29) is 3.70 Å². The fourth-order valence-electron chi connectivity index (χ4n) is 0.763. The average Bonchev–Trinajstić information content (AvgIpc) is 2.03. The monoisotopic (exact) mass is 365 g/mol. The quantitative estimate of drug-likeness (QED) is 0.421. The highest BCUT2D eigenvalue weighted by Gasteiger charge is 2.33. The first kappa shape index (κ1) is 11.2. The molecule has 1 aromatic heterocycles. The molecule has 6 heteroatoms. The third-order valence-corrected chi connectivity index (χ3v) is 2.86. The van der Waals surface area contributed by atoms with Crippen LogP contribution in [0.25, 0.3) is 0 Å². The van der Waals surface area contributed by atoms with Crippen LogP contribution in [0.4, 0.5) is 13.2 Å². The van der Waals surface area contributed by atoms with Crippen LogP contribution in [0.15, 0.2) is 12.3 Å². The summed E-state index contributed by atoms with van der Waals surface area (Å²) in [5.74, 6) is 0. The van der Waals surface area contributed by atoms with E-state index in [1.807, 2.05) is 0 Å². The molecule has 0 saturated carbocycles. The number of pyridine rings is 1. The molecule has 1 aromatic rings. The molecule has 0 amide bonds. The summed E-state index contributed by atoms with van der Waals surface area (Å²) in [5, 5.41) is 0.375. The van der Waals surface area contributed by atoms with Gasteiger partial charge < -0.3 is 0 Å². The minimum Gasteiger partial charge on any atom is -0.249 e. The predicted molar refractivity (Wildman–Crippen MR) is 54.6 cm³/mol. The van der Waals surface area contributed by atoms with Gasteiger partial charge in [0.2, 0.25) is 0 Å². The number of aromatic nitrogens is 1. The van der Waals surface area contributed by atoms with E-state index in [9.17, 15) is 13.2 Å². The fourth-order valence-corrected chi connectivity index (χ4v) is 1.67. The molecule has 0 aliphatic carbocycles. The molecule has 1 heterocycles. The van der Waals surface area contributed by atoms with Gasteiger partial charge in [-0.25, -0.2) is 4.98 Å². The van der Waals surface area contributed by atoms with Gasteiger partial charge in [0.05, 0.1) is 5.56 Å². The molecule has 1 rings (SSSR count). The first-order chi connectivity index (χ1) is 5.95. The normalized spacial score (nSPS) is 11.8. The highest BCUT2D eigenvalue weighted by Crippen LogP contribution is 2.32. The van der Waals surface area contributed by atoms with E-state index >= 15 is 0 Å². The fraction of sp³-hybridized carbons (Fsp3) is 0.286. The zero-order valence-corrected chi connectivity index (χ0v) is 9.94. The molecule has 0 radical (unpaired) electrons. The van der Waals surface area contributed by atoms with Crippen LogP contribution in [0, 0.1) is 3.70 Å². The second-order valence-electron chi connectivity index (χ2n) is 2.31. The lowest BCUT2D eigenvalue weighted by atomic mass is 10.2. The Balaban J connectivity index is 3.19. The van der Waals surface area contributed by atoms with Crippen LogP contribution in [0.3, 0.4) is 0 Å². The van der Waals surface area contributed by atoms with Crippen LogP contribution < -0.4 is 0 Å². The smallest absolute Gasteiger partial charge is 0.249 e. The van der Waals surface area contributed by atoms with Crippen LogP contribution in [-0.4, -0.2) is 4.98 Å². The minimum atomic E-state index is -4.32. The van der Waals surface area contributed by atoms with Crippen molar-refractivity contribution in [2.45, 2.75) is 11.5 Å². The summed E-state index contributed by atoms with van der Waals surface area (Å²) < 4.78 is 36.9. The van der Waals surface area contributed by atoms with Crippen molar-refractivity contribution in [3.05, 3.63) is 27.1 Å². The Kier molecular flexibility index (Phi) is 3.56. The first-order valence-electron chi connectivity index (χ1n) is 3.22. The summed E-state index contributed by atoms with van der Waals surface area (Å²) in [7, 11) is 0. The van der Waals surface area contributed by atoms with E-state index in [1.54, 1.807) is 22.6 Å². The number of halogens is 5. The average molecular weight is 366 g/mol. The predicted octanol–water partition coefficient (Wildman–Crippen LogP) is 3.60. The van der Waals surface area contributed by atoms with Gasteiger partial charge >= 0.3 is 6.18 Å². The Morgan fingerprint density at radius 2 is 2.08 bits per heavy atom. The number of rotatable bonds is 1. The van der Waals surface area contributed by atoms with E-state index in [4.69, 9.17) is 0 Å². The van der Waals surface area contributed by atoms with Crippen LogP contribution >= 0.6 is 38.5 Å². The standard InChI is InChI=1S/C7H4BrF3IN/c8-2-4-1-5(7(9,10)11)6(12)13-3-4/h1,3H,2H2. The molecule has 0 unspecified atom stereocenters. The molecule has 0 spiro atoms. The topological polar surface area (TPSA) is 12.9 Å². The SMILES string of the molecule is FC(F)(F)c1cc(CBr)cnc1I. The Hall–Kier alpha value is 0.150. The van der Waals surface area contributed by atoms with E-state index in [0.29, 0.717) is 10.9 Å². The molecule has 0 fully saturated rings.